The number of carbonyl (C=O) groups is 1. The molecule has 13 heavy (non-hydrogen) atoms. The predicted octanol–water partition coefficient (Wildman–Crippen LogP) is 1.72. The summed E-state index contributed by atoms with van der Waals surface area (Å²) in [5.74, 6) is 1.74. The highest BCUT2D eigenvalue weighted by Crippen LogP contribution is 2.43. The van der Waals surface area contributed by atoms with Crippen LogP contribution < -0.4 is 5.32 Å². The molecule has 0 radical (unpaired) electrons. The second-order valence-corrected chi connectivity index (χ2v) is 4.55. The summed E-state index contributed by atoms with van der Waals surface area (Å²) < 4.78 is 0. The zero-order valence-electron chi connectivity index (χ0n) is 8.29. The lowest BCUT2D eigenvalue weighted by molar-refractivity contribution is -0.126. The monoisotopic (exact) mass is 179 g/mol. The van der Waals surface area contributed by atoms with Crippen molar-refractivity contribution < 1.29 is 4.79 Å². The van der Waals surface area contributed by atoms with Gasteiger partial charge in [0.2, 0.25) is 5.91 Å². The Labute approximate surface area is 79.4 Å². The van der Waals surface area contributed by atoms with E-state index in [1.165, 1.54) is 6.42 Å². The predicted molar refractivity (Wildman–Crippen MR) is 52.1 cm³/mol. The summed E-state index contributed by atoms with van der Waals surface area (Å²) in [6, 6.07) is 0.274. The van der Waals surface area contributed by atoms with Gasteiger partial charge in [-0.15, -0.1) is 0 Å². The Bertz CT molecular complexity index is 244. The van der Waals surface area contributed by atoms with Gasteiger partial charge < -0.3 is 5.32 Å². The Balaban J connectivity index is 1.95. The number of allylic oxidation sites excluding steroid dienone is 2. The minimum absolute atomic E-state index is 0.256. The average Bonchev–Trinajstić information content (AvgIpc) is 2.62. The first kappa shape index (κ1) is 8.79. The van der Waals surface area contributed by atoms with Crippen molar-refractivity contribution in [3.8, 4) is 0 Å². The first-order chi connectivity index (χ1) is 6.16. The van der Waals surface area contributed by atoms with Crippen molar-refractivity contribution in [1.29, 1.82) is 0 Å². The molecular formula is C11H17NO. The Morgan fingerprint density at radius 1 is 1.38 bits per heavy atom. The quantitative estimate of drug-likeness (QED) is 0.642. The smallest absolute Gasteiger partial charge is 0.223 e. The summed E-state index contributed by atoms with van der Waals surface area (Å²) in [7, 11) is 0. The molecule has 2 aliphatic rings. The van der Waals surface area contributed by atoms with Crippen LogP contribution >= 0.6 is 0 Å². The van der Waals surface area contributed by atoms with Crippen LogP contribution in [0.3, 0.4) is 0 Å². The third kappa shape index (κ3) is 1.62. The molecule has 3 unspecified atom stereocenters. The van der Waals surface area contributed by atoms with Gasteiger partial charge in [-0.3, -0.25) is 4.79 Å². The van der Waals surface area contributed by atoms with Gasteiger partial charge in [-0.1, -0.05) is 12.2 Å². The standard InChI is InChI=1S/C11H17NO/c1-7(2)12-11(13)10-6-8-3-4-9(10)5-8/h3-4,7-10H,5-6H2,1-2H3,(H,12,13). The third-order valence-corrected chi connectivity index (χ3v) is 3.05. The van der Waals surface area contributed by atoms with E-state index in [9.17, 15) is 4.79 Å². The molecule has 0 aromatic heterocycles. The highest BCUT2D eigenvalue weighted by atomic mass is 16.1. The van der Waals surface area contributed by atoms with Crippen LogP contribution in [0.2, 0.25) is 0 Å². The van der Waals surface area contributed by atoms with Crippen LogP contribution in [0, 0.1) is 17.8 Å². The fourth-order valence-electron chi connectivity index (χ4n) is 2.47. The molecule has 2 nitrogen and oxygen atoms in total. The topological polar surface area (TPSA) is 29.1 Å². The minimum Gasteiger partial charge on any atom is -0.354 e. The number of hydrogen-bond acceptors (Lipinski definition) is 1. The van der Waals surface area contributed by atoms with Crippen LogP contribution in [-0.4, -0.2) is 11.9 Å². The molecule has 1 saturated carbocycles. The van der Waals surface area contributed by atoms with Crippen molar-refractivity contribution in [2.24, 2.45) is 17.8 Å². The highest BCUT2D eigenvalue weighted by molar-refractivity contribution is 5.80. The molecule has 0 aromatic rings. The Kier molecular flexibility index (Phi) is 2.14. The zero-order valence-corrected chi connectivity index (χ0v) is 8.29. The van der Waals surface area contributed by atoms with Crippen LogP contribution in [0.15, 0.2) is 12.2 Å². The van der Waals surface area contributed by atoms with Crippen molar-refractivity contribution >= 4 is 5.91 Å². The van der Waals surface area contributed by atoms with E-state index in [1.807, 2.05) is 13.8 Å². The summed E-state index contributed by atoms with van der Waals surface area (Å²) in [4.78, 5) is 11.7. The van der Waals surface area contributed by atoms with E-state index < -0.39 is 0 Å². The maximum absolute atomic E-state index is 11.7. The van der Waals surface area contributed by atoms with Crippen LogP contribution in [0.5, 0.6) is 0 Å². The highest BCUT2D eigenvalue weighted by Gasteiger charge is 2.39. The fourth-order valence-corrected chi connectivity index (χ4v) is 2.47. The molecule has 2 bridgehead atoms. The Hall–Kier alpha value is -0.790. The molecule has 1 amide bonds. The molecule has 2 heteroatoms. The van der Waals surface area contributed by atoms with Gasteiger partial charge >= 0.3 is 0 Å². The number of carbonyl (C=O) groups excluding carboxylic acids is 1. The zero-order chi connectivity index (χ0) is 9.42. The number of rotatable bonds is 2. The van der Waals surface area contributed by atoms with Crippen LogP contribution in [0.1, 0.15) is 26.7 Å². The largest absolute Gasteiger partial charge is 0.354 e. The summed E-state index contributed by atoms with van der Waals surface area (Å²) >= 11 is 0. The number of hydrogen-bond donors (Lipinski definition) is 1. The third-order valence-electron chi connectivity index (χ3n) is 3.05. The lowest BCUT2D eigenvalue weighted by Gasteiger charge is -2.19. The molecule has 3 atom stereocenters. The van der Waals surface area contributed by atoms with Gasteiger partial charge in [-0.05, 0) is 38.5 Å². The van der Waals surface area contributed by atoms with Crippen molar-refractivity contribution in [3.05, 3.63) is 12.2 Å². The number of fused-ring (bicyclic) bond motifs is 2. The molecule has 0 saturated heterocycles. The van der Waals surface area contributed by atoms with Crippen LogP contribution in [0.25, 0.3) is 0 Å². The molecule has 0 heterocycles. The minimum atomic E-state index is 0.256. The van der Waals surface area contributed by atoms with Gasteiger partial charge in [-0.2, -0.15) is 0 Å². The maximum Gasteiger partial charge on any atom is 0.223 e. The molecule has 0 aromatic carbocycles. The van der Waals surface area contributed by atoms with Gasteiger partial charge in [0, 0.05) is 12.0 Å². The van der Waals surface area contributed by atoms with Gasteiger partial charge in [0.1, 0.15) is 0 Å². The van der Waals surface area contributed by atoms with Crippen LogP contribution in [-0.2, 0) is 4.79 Å². The molecule has 0 aliphatic heterocycles. The summed E-state index contributed by atoms with van der Waals surface area (Å²) in [5.41, 5.74) is 0. The van der Waals surface area contributed by atoms with E-state index in [0.29, 0.717) is 11.8 Å². The first-order valence-electron chi connectivity index (χ1n) is 5.15. The van der Waals surface area contributed by atoms with Crippen molar-refractivity contribution in [1.82, 2.24) is 5.32 Å². The molecule has 72 valence electrons. The SMILES string of the molecule is CC(C)NC(=O)C1CC2C=CC1C2. The van der Waals surface area contributed by atoms with Gasteiger partial charge in [0.25, 0.3) is 0 Å². The van der Waals surface area contributed by atoms with E-state index in [1.54, 1.807) is 0 Å². The van der Waals surface area contributed by atoms with E-state index in [2.05, 4.69) is 17.5 Å². The Morgan fingerprint density at radius 3 is 2.62 bits per heavy atom. The molecule has 2 rings (SSSR count). The van der Waals surface area contributed by atoms with Crippen molar-refractivity contribution in [3.63, 3.8) is 0 Å². The maximum atomic E-state index is 11.7. The summed E-state index contributed by atoms with van der Waals surface area (Å²) in [6.45, 7) is 4.03. The number of nitrogens with one attached hydrogen (secondary N) is 1. The van der Waals surface area contributed by atoms with Gasteiger partial charge in [-0.25, -0.2) is 0 Å². The molecular weight excluding hydrogens is 162 g/mol. The second-order valence-electron chi connectivity index (χ2n) is 4.55. The van der Waals surface area contributed by atoms with Crippen molar-refractivity contribution in [2.45, 2.75) is 32.7 Å². The molecule has 1 N–H and O–H groups in total. The lowest BCUT2D eigenvalue weighted by atomic mass is 9.92. The second kappa shape index (κ2) is 3.17. The van der Waals surface area contributed by atoms with Gasteiger partial charge in [0.05, 0.1) is 0 Å². The van der Waals surface area contributed by atoms with E-state index in [0.717, 1.165) is 6.42 Å². The summed E-state index contributed by atoms with van der Waals surface area (Å²) in [5, 5.41) is 3.00. The lowest BCUT2D eigenvalue weighted by Crippen LogP contribution is -2.37. The van der Waals surface area contributed by atoms with Crippen LogP contribution in [0.4, 0.5) is 0 Å². The van der Waals surface area contributed by atoms with E-state index in [4.69, 9.17) is 0 Å². The fraction of sp³-hybridized carbons (Fsp3) is 0.727. The van der Waals surface area contributed by atoms with E-state index in [-0.39, 0.29) is 17.9 Å². The van der Waals surface area contributed by atoms with E-state index >= 15 is 0 Å². The molecule has 0 spiro atoms. The normalized spacial score (nSPS) is 35.8. The average molecular weight is 179 g/mol. The van der Waals surface area contributed by atoms with Crippen molar-refractivity contribution in [2.75, 3.05) is 0 Å². The molecule has 1 fully saturated rings. The summed E-state index contributed by atoms with van der Waals surface area (Å²) in [6.07, 6.45) is 6.76. The van der Waals surface area contributed by atoms with Gasteiger partial charge in [0.15, 0.2) is 0 Å². The Morgan fingerprint density at radius 2 is 2.15 bits per heavy atom. The first-order valence-corrected chi connectivity index (χ1v) is 5.15. The number of amides is 1. The molecule has 2 aliphatic carbocycles.